The molecule has 41 heavy (non-hydrogen) atoms. The number of rotatable bonds is 5. The SMILES string of the molecule is Cc1cnc2c(c1)N(C1CC1)CCN2c1ccc2cnc(CNC(=O)c3ccc4c(c3)S(=O)(=O)CCOC4)cc2n1. The molecule has 4 aromatic rings. The molecule has 0 atom stereocenters. The van der Waals surface area contributed by atoms with Crippen LogP contribution in [0.15, 0.2) is 59.8 Å². The molecule has 5 heterocycles. The number of hydrogen-bond acceptors (Lipinski definition) is 9. The summed E-state index contributed by atoms with van der Waals surface area (Å²) in [6.45, 7) is 4.33. The second kappa shape index (κ2) is 10.1. The summed E-state index contributed by atoms with van der Waals surface area (Å²) in [5.41, 5.74) is 4.58. The van der Waals surface area contributed by atoms with Crippen molar-refractivity contribution in [1.29, 1.82) is 0 Å². The van der Waals surface area contributed by atoms with Gasteiger partial charge < -0.3 is 19.9 Å². The Morgan fingerprint density at radius 2 is 1.95 bits per heavy atom. The van der Waals surface area contributed by atoms with Crippen LogP contribution in [0.25, 0.3) is 10.9 Å². The third-order valence-electron chi connectivity index (χ3n) is 7.84. The fraction of sp³-hybridized carbons (Fsp3) is 0.333. The minimum absolute atomic E-state index is 0.0986. The number of amides is 1. The summed E-state index contributed by atoms with van der Waals surface area (Å²) in [6, 6.07) is 13.4. The molecular formula is C30H30N6O4S. The normalized spacial score (nSPS) is 18.0. The van der Waals surface area contributed by atoms with E-state index in [0.29, 0.717) is 17.3 Å². The highest BCUT2D eigenvalue weighted by atomic mass is 32.2. The van der Waals surface area contributed by atoms with Crippen molar-refractivity contribution in [2.45, 2.75) is 43.9 Å². The minimum atomic E-state index is -3.50. The van der Waals surface area contributed by atoms with Gasteiger partial charge in [0.25, 0.3) is 5.91 Å². The molecular weight excluding hydrogens is 540 g/mol. The first-order chi connectivity index (χ1) is 19.9. The predicted molar refractivity (Wildman–Crippen MR) is 155 cm³/mol. The van der Waals surface area contributed by atoms with Crippen LogP contribution in [-0.2, 0) is 27.7 Å². The van der Waals surface area contributed by atoms with E-state index in [0.717, 1.165) is 46.9 Å². The first kappa shape index (κ1) is 25.8. The molecule has 1 N–H and O–H groups in total. The van der Waals surface area contributed by atoms with Gasteiger partial charge in [0.1, 0.15) is 5.82 Å². The van der Waals surface area contributed by atoms with Gasteiger partial charge in [-0.05, 0) is 67.3 Å². The first-order valence-corrected chi connectivity index (χ1v) is 15.5. The number of aryl methyl sites for hydroxylation is 1. The number of nitrogens with one attached hydrogen (secondary N) is 1. The van der Waals surface area contributed by atoms with E-state index < -0.39 is 9.84 Å². The van der Waals surface area contributed by atoms with E-state index in [4.69, 9.17) is 14.7 Å². The summed E-state index contributed by atoms with van der Waals surface area (Å²) in [6.07, 6.45) is 6.12. The molecule has 3 aliphatic rings. The van der Waals surface area contributed by atoms with E-state index in [-0.39, 0.29) is 41.9 Å². The molecule has 1 saturated carbocycles. The maximum absolute atomic E-state index is 12.9. The molecule has 11 heteroatoms. The number of anilines is 3. The third kappa shape index (κ3) is 5.00. The van der Waals surface area contributed by atoms with Crippen molar-refractivity contribution in [3.8, 4) is 0 Å². The molecule has 0 bridgehead atoms. The lowest BCUT2D eigenvalue weighted by Gasteiger charge is -2.37. The van der Waals surface area contributed by atoms with Crippen molar-refractivity contribution in [1.82, 2.24) is 20.3 Å². The molecule has 10 nitrogen and oxygen atoms in total. The van der Waals surface area contributed by atoms with Gasteiger partial charge in [-0.3, -0.25) is 9.78 Å². The Morgan fingerprint density at radius 3 is 2.80 bits per heavy atom. The zero-order chi connectivity index (χ0) is 28.1. The summed E-state index contributed by atoms with van der Waals surface area (Å²) in [5.74, 6) is 1.28. The van der Waals surface area contributed by atoms with Gasteiger partial charge in [-0.2, -0.15) is 0 Å². The van der Waals surface area contributed by atoms with Crippen LogP contribution >= 0.6 is 0 Å². The van der Waals surface area contributed by atoms with Crippen molar-refractivity contribution < 1.29 is 17.9 Å². The smallest absolute Gasteiger partial charge is 0.251 e. The van der Waals surface area contributed by atoms with Crippen molar-refractivity contribution in [2.75, 3.05) is 35.2 Å². The number of hydrogen-bond donors (Lipinski definition) is 1. The lowest BCUT2D eigenvalue weighted by molar-refractivity contribution is 0.0950. The average molecular weight is 571 g/mol. The second-order valence-electron chi connectivity index (χ2n) is 10.8. The Labute approximate surface area is 238 Å². The fourth-order valence-electron chi connectivity index (χ4n) is 5.52. The highest BCUT2D eigenvalue weighted by molar-refractivity contribution is 7.91. The molecule has 1 aliphatic carbocycles. The monoisotopic (exact) mass is 570 g/mol. The van der Waals surface area contributed by atoms with E-state index in [9.17, 15) is 13.2 Å². The van der Waals surface area contributed by atoms with E-state index in [1.807, 2.05) is 24.4 Å². The molecule has 0 radical (unpaired) electrons. The van der Waals surface area contributed by atoms with E-state index in [1.54, 1.807) is 18.3 Å². The molecule has 0 spiro atoms. The van der Waals surface area contributed by atoms with Gasteiger partial charge in [-0.25, -0.2) is 18.4 Å². The molecule has 1 aromatic carbocycles. The summed E-state index contributed by atoms with van der Waals surface area (Å²) >= 11 is 0. The molecule has 1 fully saturated rings. The summed E-state index contributed by atoms with van der Waals surface area (Å²) in [7, 11) is -3.50. The molecule has 1 amide bonds. The van der Waals surface area contributed by atoms with Crippen LogP contribution in [0.3, 0.4) is 0 Å². The molecule has 0 unspecified atom stereocenters. The Hall–Kier alpha value is -4.09. The van der Waals surface area contributed by atoms with Gasteiger partial charge in [0.2, 0.25) is 0 Å². The Morgan fingerprint density at radius 1 is 1.07 bits per heavy atom. The Kier molecular flexibility index (Phi) is 6.35. The molecule has 3 aromatic heterocycles. The summed E-state index contributed by atoms with van der Waals surface area (Å²) < 4.78 is 30.6. The molecule has 2 aliphatic heterocycles. The number of aromatic nitrogens is 3. The predicted octanol–water partition coefficient (Wildman–Crippen LogP) is 3.69. The zero-order valence-corrected chi connectivity index (χ0v) is 23.5. The van der Waals surface area contributed by atoms with Crippen molar-refractivity contribution in [3.05, 3.63) is 77.2 Å². The summed E-state index contributed by atoms with van der Waals surface area (Å²) in [5, 5.41) is 3.76. The van der Waals surface area contributed by atoms with Gasteiger partial charge in [-0.1, -0.05) is 6.07 Å². The fourth-order valence-corrected chi connectivity index (χ4v) is 6.91. The zero-order valence-electron chi connectivity index (χ0n) is 22.7. The minimum Gasteiger partial charge on any atom is -0.376 e. The van der Waals surface area contributed by atoms with Crippen LogP contribution in [0.1, 0.15) is 40.0 Å². The van der Waals surface area contributed by atoms with Crippen LogP contribution in [0.4, 0.5) is 17.3 Å². The Bertz CT molecular complexity index is 1790. The van der Waals surface area contributed by atoms with E-state index in [2.05, 4.69) is 33.1 Å². The topological polar surface area (TPSA) is 118 Å². The lowest BCUT2D eigenvalue weighted by atomic mass is 10.1. The number of carbonyl (C=O) groups excluding carboxylic acids is 1. The van der Waals surface area contributed by atoms with Crippen LogP contribution in [0.5, 0.6) is 0 Å². The molecule has 210 valence electrons. The number of pyridine rings is 3. The average Bonchev–Trinajstić information content (AvgIpc) is 3.83. The van der Waals surface area contributed by atoms with Gasteiger partial charge in [-0.15, -0.1) is 0 Å². The highest BCUT2D eigenvalue weighted by Gasteiger charge is 2.35. The number of fused-ring (bicyclic) bond motifs is 3. The second-order valence-corrected chi connectivity index (χ2v) is 12.9. The van der Waals surface area contributed by atoms with Gasteiger partial charge >= 0.3 is 0 Å². The van der Waals surface area contributed by atoms with Crippen molar-refractivity contribution in [3.63, 3.8) is 0 Å². The number of ether oxygens (including phenoxy) is 1. The molecule has 0 saturated heterocycles. The first-order valence-electron chi connectivity index (χ1n) is 13.8. The maximum atomic E-state index is 12.9. The van der Waals surface area contributed by atoms with Gasteiger partial charge in [0, 0.05) is 42.5 Å². The van der Waals surface area contributed by atoms with Crippen molar-refractivity contribution >= 4 is 44.0 Å². The van der Waals surface area contributed by atoms with Crippen molar-refractivity contribution in [2.24, 2.45) is 0 Å². The lowest BCUT2D eigenvalue weighted by Crippen LogP contribution is -2.41. The largest absolute Gasteiger partial charge is 0.376 e. The number of carbonyl (C=O) groups is 1. The van der Waals surface area contributed by atoms with Crippen LogP contribution in [0.2, 0.25) is 0 Å². The van der Waals surface area contributed by atoms with E-state index in [1.165, 1.54) is 18.9 Å². The standard InChI is InChI=1S/C30H30N6O4S/c1-19-12-26-29(32-15-19)36(9-8-35(26)24-5-6-24)28-7-4-21-16-31-23(14-25(21)34-28)17-33-30(37)20-2-3-22-18-40-10-11-41(38,39)27(22)13-20/h2-4,7,12-16,24H,5-6,8-11,17-18H2,1H3,(H,33,37). The number of nitrogens with zero attached hydrogens (tertiary/aromatic N) is 5. The quantitative estimate of drug-likeness (QED) is 0.383. The van der Waals surface area contributed by atoms with Crippen LogP contribution in [-0.4, -0.2) is 60.8 Å². The van der Waals surface area contributed by atoms with Gasteiger partial charge in [0.05, 0.1) is 47.3 Å². The third-order valence-corrected chi connectivity index (χ3v) is 9.60. The van der Waals surface area contributed by atoms with Crippen LogP contribution < -0.4 is 15.1 Å². The number of benzene rings is 1. The Balaban J connectivity index is 1.11. The van der Waals surface area contributed by atoms with Crippen LogP contribution in [0, 0.1) is 6.92 Å². The summed E-state index contributed by atoms with van der Waals surface area (Å²) in [4.78, 5) is 32.0. The maximum Gasteiger partial charge on any atom is 0.251 e. The molecule has 7 rings (SSSR count). The van der Waals surface area contributed by atoms with E-state index >= 15 is 0 Å². The number of sulfone groups is 1. The highest BCUT2D eigenvalue weighted by Crippen LogP contribution is 2.41. The van der Waals surface area contributed by atoms with Gasteiger partial charge in [0.15, 0.2) is 15.7 Å².